The first-order valence-electron chi connectivity index (χ1n) is 8.45. The van der Waals surface area contributed by atoms with Gasteiger partial charge in [0.2, 0.25) is 0 Å². The zero-order valence-electron chi connectivity index (χ0n) is 15.0. The van der Waals surface area contributed by atoms with E-state index in [0.29, 0.717) is 24.2 Å². The molecule has 4 atom stereocenters. The van der Waals surface area contributed by atoms with Crippen molar-refractivity contribution in [3.8, 4) is 0 Å². The van der Waals surface area contributed by atoms with Gasteiger partial charge in [-0.25, -0.2) is 0 Å². The van der Waals surface area contributed by atoms with Gasteiger partial charge in [0.25, 0.3) is 0 Å². The third-order valence-electron chi connectivity index (χ3n) is 5.02. The Morgan fingerprint density at radius 3 is 0.783 bits per heavy atom. The van der Waals surface area contributed by atoms with Gasteiger partial charge in [0.05, 0.1) is 0 Å². The zero-order valence-corrected chi connectivity index (χ0v) is 19.1. The number of hydrogen-bond acceptors (Lipinski definition) is 4. The van der Waals surface area contributed by atoms with E-state index in [1.807, 2.05) is 0 Å². The first-order chi connectivity index (χ1) is 9.76. The summed E-state index contributed by atoms with van der Waals surface area (Å²) < 4.78 is 0. The Balaban J connectivity index is -0.000000308. The number of rotatable bonds is 4. The summed E-state index contributed by atoms with van der Waals surface area (Å²) in [5, 5.41) is 13.4. The van der Waals surface area contributed by atoms with Crippen LogP contribution in [0.25, 0.3) is 0 Å². The van der Waals surface area contributed by atoms with E-state index in [2.05, 4.69) is 49.5 Å². The Kier molecular flexibility index (Phi) is 22.9. The maximum Gasteiger partial charge on any atom is 2.00 e. The summed E-state index contributed by atoms with van der Waals surface area (Å²) in [5.41, 5.74) is 0. The standard InChI is InChI=1S/2C8H18N2.2BrH.Cu/c2*1-9-7-5-3-4-6-8(7)10-2;;;/h2*7-10H,3-6H2,1-2H3;2*1H;/q;;;;+2/p-2/t2*7-,8-;;;/m11.../s1. The van der Waals surface area contributed by atoms with Crippen LogP contribution in [0.15, 0.2) is 0 Å². The fraction of sp³-hybridized carbons (Fsp3) is 1.00. The molecule has 2 rings (SSSR count). The van der Waals surface area contributed by atoms with Crippen molar-refractivity contribution in [1.29, 1.82) is 0 Å². The Morgan fingerprint density at radius 2 is 0.652 bits per heavy atom. The minimum Gasteiger partial charge on any atom is -1.00 e. The SMILES string of the molecule is CN[C@@H]1CCCC[C@H]1NC.CN[C@@H]1CCCC[C@H]1NC.[Br-].[Br-].[Cu+2]. The number of likely N-dealkylation sites (N-methyl/N-ethyl adjacent to an activating group) is 4. The van der Waals surface area contributed by atoms with Crippen molar-refractivity contribution in [3.05, 3.63) is 0 Å². The van der Waals surface area contributed by atoms with Crippen LogP contribution in [0.2, 0.25) is 0 Å². The summed E-state index contributed by atoms with van der Waals surface area (Å²) in [6.45, 7) is 0. The summed E-state index contributed by atoms with van der Waals surface area (Å²) >= 11 is 0. The van der Waals surface area contributed by atoms with Gasteiger partial charge in [0, 0.05) is 24.2 Å². The Hall–Kier alpha value is 1.32. The predicted octanol–water partition coefficient (Wildman–Crippen LogP) is -4.52. The molecule has 4 nitrogen and oxygen atoms in total. The second-order valence-corrected chi connectivity index (χ2v) is 6.15. The van der Waals surface area contributed by atoms with Crippen LogP contribution in [0.4, 0.5) is 0 Å². The smallest absolute Gasteiger partial charge is 1.00 e. The van der Waals surface area contributed by atoms with Crippen LogP contribution in [-0.4, -0.2) is 52.4 Å². The summed E-state index contributed by atoms with van der Waals surface area (Å²) in [5.74, 6) is 0. The van der Waals surface area contributed by atoms with Crippen molar-refractivity contribution < 1.29 is 51.0 Å². The maximum atomic E-state index is 3.34. The van der Waals surface area contributed by atoms with E-state index in [1.165, 1.54) is 51.4 Å². The monoisotopic (exact) mass is 505 g/mol. The van der Waals surface area contributed by atoms with Crippen molar-refractivity contribution >= 4 is 0 Å². The van der Waals surface area contributed by atoms with Gasteiger partial charge in [0.1, 0.15) is 0 Å². The zero-order chi connectivity index (χ0) is 14.8. The molecule has 2 aliphatic rings. The molecule has 0 aromatic carbocycles. The van der Waals surface area contributed by atoms with Gasteiger partial charge in [-0.3, -0.25) is 0 Å². The van der Waals surface area contributed by atoms with Gasteiger partial charge in [-0.1, -0.05) is 25.7 Å². The molecule has 0 aliphatic heterocycles. The van der Waals surface area contributed by atoms with E-state index in [-0.39, 0.29) is 51.0 Å². The third kappa shape index (κ3) is 10.8. The average Bonchev–Trinajstić information content (AvgIpc) is 2.55. The van der Waals surface area contributed by atoms with Crippen LogP contribution in [0.1, 0.15) is 51.4 Å². The molecule has 2 aliphatic carbocycles. The molecule has 0 aromatic heterocycles. The molecular formula is C16H36Br2CuN4. The Labute approximate surface area is 175 Å². The first kappa shape index (κ1) is 29.1. The number of nitrogens with one attached hydrogen (secondary N) is 4. The molecule has 0 amide bonds. The second kappa shape index (κ2) is 18.1. The topological polar surface area (TPSA) is 48.1 Å². The van der Waals surface area contributed by atoms with Gasteiger partial charge < -0.3 is 55.2 Å². The normalized spacial score (nSPS) is 29.7. The van der Waals surface area contributed by atoms with Gasteiger partial charge >= 0.3 is 17.1 Å². The van der Waals surface area contributed by atoms with E-state index < -0.39 is 0 Å². The van der Waals surface area contributed by atoms with E-state index in [1.54, 1.807) is 0 Å². The van der Waals surface area contributed by atoms with Crippen molar-refractivity contribution in [2.75, 3.05) is 28.2 Å². The summed E-state index contributed by atoms with van der Waals surface area (Å²) in [7, 11) is 8.22. The minimum absolute atomic E-state index is 0. The van der Waals surface area contributed by atoms with E-state index in [0.717, 1.165) is 0 Å². The van der Waals surface area contributed by atoms with Crippen molar-refractivity contribution in [3.63, 3.8) is 0 Å². The molecule has 2 saturated carbocycles. The minimum atomic E-state index is 0. The second-order valence-electron chi connectivity index (χ2n) is 6.15. The molecule has 0 unspecified atom stereocenters. The van der Waals surface area contributed by atoms with Gasteiger partial charge in [-0.2, -0.15) is 0 Å². The molecule has 0 aromatic rings. The van der Waals surface area contributed by atoms with E-state index in [9.17, 15) is 0 Å². The van der Waals surface area contributed by atoms with Crippen molar-refractivity contribution in [1.82, 2.24) is 21.3 Å². The van der Waals surface area contributed by atoms with Crippen LogP contribution >= 0.6 is 0 Å². The van der Waals surface area contributed by atoms with E-state index >= 15 is 0 Å². The molecule has 1 radical (unpaired) electrons. The molecule has 145 valence electrons. The fourth-order valence-corrected chi connectivity index (χ4v) is 3.64. The summed E-state index contributed by atoms with van der Waals surface area (Å²) in [6, 6.07) is 2.83. The maximum absolute atomic E-state index is 3.34. The molecule has 0 bridgehead atoms. The third-order valence-corrected chi connectivity index (χ3v) is 5.02. The van der Waals surface area contributed by atoms with Crippen LogP contribution < -0.4 is 55.2 Å². The molecule has 0 heterocycles. The van der Waals surface area contributed by atoms with Gasteiger partial charge in [-0.05, 0) is 53.9 Å². The number of hydrogen-bond donors (Lipinski definition) is 4. The number of halogens is 2. The van der Waals surface area contributed by atoms with Crippen molar-refractivity contribution in [2.24, 2.45) is 0 Å². The summed E-state index contributed by atoms with van der Waals surface area (Å²) in [6.07, 6.45) is 10.9. The van der Waals surface area contributed by atoms with Crippen LogP contribution in [0.5, 0.6) is 0 Å². The van der Waals surface area contributed by atoms with Gasteiger partial charge in [-0.15, -0.1) is 0 Å². The van der Waals surface area contributed by atoms with Crippen LogP contribution in [0.3, 0.4) is 0 Å². The molecule has 7 heteroatoms. The fourth-order valence-electron chi connectivity index (χ4n) is 3.64. The molecule has 0 saturated heterocycles. The molecule has 23 heavy (non-hydrogen) atoms. The van der Waals surface area contributed by atoms with Crippen LogP contribution in [-0.2, 0) is 17.1 Å². The molecular weight excluding hydrogens is 472 g/mol. The quantitative estimate of drug-likeness (QED) is 0.290. The van der Waals surface area contributed by atoms with Crippen molar-refractivity contribution in [2.45, 2.75) is 75.5 Å². The Morgan fingerprint density at radius 1 is 0.478 bits per heavy atom. The van der Waals surface area contributed by atoms with Crippen LogP contribution in [0, 0.1) is 0 Å². The van der Waals surface area contributed by atoms with E-state index in [4.69, 9.17) is 0 Å². The summed E-state index contributed by atoms with van der Waals surface area (Å²) in [4.78, 5) is 0. The first-order valence-corrected chi connectivity index (χ1v) is 8.45. The largest absolute Gasteiger partial charge is 2.00 e. The average molecular weight is 508 g/mol. The Bertz CT molecular complexity index is 202. The molecule has 4 N–H and O–H groups in total. The molecule has 2 fully saturated rings. The molecule has 0 spiro atoms. The van der Waals surface area contributed by atoms with Gasteiger partial charge in [0.15, 0.2) is 0 Å². The predicted molar refractivity (Wildman–Crippen MR) is 88.3 cm³/mol.